The zero-order valence-electron chi connectivity index (χ0n) is 4.13. The summed E-state index contributed by atoms with van der Waals surface area (Å²) in [6, 6.07) is 0. The summed E-state index contributed by atoms with van der Waals surface area (Å²) in [4.78, 5) is 7.40. The molecule has 0 spiro atoms. The second-order valence-electron chi connectivity index (χ2n) is 0.812. The molecule has 7 heavy (non-hydrogen) atoms. The molecule has 1 heterocycles. The molecule has 2 nitrogen and oxygen atoms in total. The van der Waals surface area contributed by atoms with Gasteiger partial charge >= 0.3 is 34.6 Å². The maximum atomic E-state index is 4.78. The van der Waals surface area contributed by atoms with Crippen molar-refractivity contribution in [2.45, 2.75) is 0 Å². The second kappa shape index (κ2) is 6.63. The van der Waals surface area contributed by atoms with Crippen LogP contribution in [0.5, 0.6) is 0 Å². The Morgan fingerprint density at radius 3 is 2.43 bits per heavy atom. The molecule has 34 valence electrons. The fourth-order valence-electron chi connectivity index (χ4n) is 0.236. The van der Waals surface area contributed by atoms with Crippen LogP contribution in [0.4, 0.5) is 0 Å². The number of hydrogen-bond acceptors (Lipinski definition) is 2. The molecule has 0 fully saturated rings. The number of rotatable bonds is 0. The average Bonchev–Trinajstić information content (AvgIpc) is 2.23. The second-order valence-corrected chi connectivity index (χ2v) is 0.812. The molecule has 0 saturated carbocycles. The summed E-state index contributed by atoms with van der Waals surface area (Å²) in [7, 11) is 4.78. The SMILES string of the molecule is C1=NC=NC1.[Na][Cl]. The Morgan fingerprint density at radius 1 is 1.57 bits per heavy atom. The van der Waals surface area contributed by atoms with E-state index < -0.39 is 0 Å². The summed E-state index contributed by atoms with van der Waals surface area (Å²) in [5.74, 6) is 0. The van der Waals surface area contributed by atoms with Crippen LogP contribution in [0.25, 0.3) is 0 Å². The van der Waals surface area contributed by atoms with Crippen molar-refractivity contribution in [3.05, 3.63) is 0 Å². The molecule has 1 aliphatic rings. The molecular formula is C3H4ClN2Na. The van der Waals surface area contributed by atoms with E-state index >= 15 is 0 Å². The quantitative estimate of drug-likeness (QED) is 0.420. The first-order valence-corrected chi connectivity index (χ1v) is 4.90. The van der Waals surface area contributed by atoms with Crippen molar-refractivity contribution < 1.29 is 0 Å². The van der Waals surface area contributed by atoms with E-state index in [0.29, 0.717) is 0 Å². The molecule has 1 aliphatic heterocycles. The maximum absolute atomic E-state index is 4.78. The van der Waals surface area contributed by atoms with Crippen LogP contribution in [-0.4, -0.2) is 45.7 Å². The molecule has 0 atom stereocenters. The van der Waals surface area contributed by atoms with Gasteiger partial charge in [0, 0.05) is 6.21 Å². The van der Waals surface area contributed by atoms with Gasteiger partial charge < -0.3 is 0 Å². The molecule has 0 aliphatic carbocycles. The van der Waals surface area contributed by atoms with Gasteiger partial charge in [0.2, 0.25) is 0 Å². The molecule has 0 bridgehead atoms. The number of nitrogens with zero attached hydrogens (tertiary/aromatic N) is 2. The van der Waals surface area contributed by atoms with E-state index in [1.165, 1.54) is 0 Å². The van der Waals surface area contributed by atoms with Crippen molar-refractivity contribution in [3.63, 3.8) is 0 Å². The van der Waals surface area contributed by atoms with Crippen molar-refractivity contribution in [1.82, 2.24) is 0 Å². The zero-order valence-corrected chi connectivity index (χ0v) is 6.89. The minimum absolute atomic E-state index is 0.778. The topological polar surface area (TPSA) is 24.7 Å². The van der Waals surface area contributed by atoms with E-state index in [1.807, 2.05) is 0 Å². The Kier molecular flexibility index (Phi) is 7.23. The fourth-order valence-corrected chi connectivity index (χ4v) is 0.236. The third kappa shape index (κ3) is 4.48. The van der Waals surface area contributed by atoms with E-state index in [2.05, 4.69) is 9.98 Å². The Morgan fingerprint density at radius 2 is 2.29 bits per heavy atom. The Labute approximate surface area is 63.4 Å². The van der Waals surface area contributed by atoms with E-state index in [4.69, 9.17) is 7.91 Å². The standard InChI is InChI=1S/C3H4N2.ClH.Na/c1-2-5-3-4-1;;/h1,3H,2H2;1H;/q;;+1/p-1. The van der Waals surface area contributed by atoms with Crippen LogP contribution >= 0.6 is 7.91 Å². The number of hydrogen-bond donors (Lipinski definition) is 0. The van der Waals surface area contributed by atoms with Crippen molar-refractivity contribution in [2.24, 2.45) is 9.98 Å². The summed E-state index contributed by atoms with van der Waals surface area (Å²) < 4.78 is 0. The van der Waals surface area contributed by atoms with Gasteiger partial charge in [0.15, 0.2) is 0 Å². The first-order valence-electron chi connectivity index (χ1n) is 1.88. The van der Waals surface area contributed by atoms with Gasteiger partial charge in [-0.2, -0.15) is 0 Å². The van der Waals surface area contributed by atoms with Crippen molar-refractivity contribution in [3.8, 4) is 0 Å². The fraction of sp³-hybridized carbons (Fsp3) is 0.333. The number of halogens is 1. The summed E-state index contributed by atoms with van der Waals surface area (Å²) >= 11 is 0.778. The molecule has 0 aromatic carbocycles. The molecule has 0 radical (unpaired) electrons. The molecule has 0 amide bonds. The first kappa shape index (κ1) is 7.63. The number of aliphatic imine (C=N–C) groups is 2. The van der Waals surface area contributed by atoms with Gasteiger partial charge in [-0.25, -0.2) is 4.99 Å². The van der Waals surface area contributed by atoms with Gasteiger partial charge in [-0.1, -0.05) is 0 Å². The van der Waals surface area contributed by atoms with Gasteiger partial charge in [0.25, 0.3) is 0 Å². The normalized spacial score (nSPS) is 13.6. The molecule has 0 unspecified atom stereocenters. The summed E-state index contributed by atoms with van der Waals surface area (Å²) in [6.45, 7) is 0.778. The van der Waals surface area contributed by atoms with Crippen LogP contribution in [0, 0.1) is 0 Å². The zero-order chi connectivity index (χ0) is 5.54. The summed E-state index contributed by atoms with van der Waals surface area (Å²) in [6.07, 6.45) is 3.32. The molecule has 0 aromatic rings. The van der Waals surface area contributed by atoms with Crippen LogP contribution < -0.4 is 0 Å². The van der Waals surface area contributed by atoms with Gasteiger partial charge in [-0.05, 0) is 0 Å². The third-order valence-electron chi connectivity index (χ3n) is 0.441. The van der Waals surface area contributed by atoms with Crippen LogP contribution in [-0.2, 0) is 0 Å². The van der Waals surface area contributed by atoms with Crippen molar-refractivity contribution in [1.29, 1.82) is 0 Å². The van der Waals surface area contributed by atoms with E-state index in [-0.39, 0.29) is 0 Å². The van der Waals surface area contributed by atoms with E-state index in [1.54, 1.807) is 12.6 Å². The third-order valence-corrected chi connectivity index (χ3v) is 0.441. The van der Waals surface area contributed by atoms with E-state index in [0.717, 1.165) is 33.2 Å². The molecule has 0 N–H and O–H groups in total. The Bertz CT molecular complexity index is 71.0. The summed E-state index contributed by atoms with van der Waals surface area (Å²) in [5.41, 5.74) is 0. The molecule has 1 rings (SSSR count). The molecular weight excluding hydrogens is 122 g/mol. The average molecular weight is 127 g/mol. The molecule has 0 saturated heterocycles. The Balaban J connectivity index is 0.000000162. The van der Waals surface area contributed by atoms with Gasteiger partial charge in [0.05, 0.1) is 6.54 Å². The monoisotopic (exact) mass is 126 g/mol. The van der Waals surface area contributed by atoms with E-state index in [9.17, 15) is 0 Å². The minimum atomic E-state index is 0.778. The van der Waals surface area contributed by atoms with Crippen LogP contribution in [0.3, 0.4) is 0 Å². The van der Waals surface area contributed by atoms with Crippen LogP contribution in [0.1, 0.15) is 0 Å². The Hall–Kier alpha value is 0.630. The van der Waals surface area contributed by atoms with Crippen molar-refractivity contribution >= 4 is 47.1 Å². The van der Waals surface area contributed by atoms with Crippen LogP contribution in [0.2, 0.25) is 0 Å². The predicted octanol–water partition coefficient (Wildman–Crippen LogP) is 0.408. The first-order chi connectivity index (χ1) is 3.50. The van der Waals surface area contributed by atoms with Gasteiger partial charge in [0.1, 0.15) is 6.34 Å². The molecule has 4 heteroatoms. The van der Waals surface area contributed by atoms with Crippen molar-refractivity contribution in [2.75, 3.05) is 6.54 Å². The van der Waals surface area contributed by atoms with Crippen LogP contribution in [0.15, 0.2) is 9.98 Å². The predicted molar refractivity (Wildman–Crippen MR) is 33.5 cm³/mol. The summed E-state index contributed by atoms with van der Waals surface area (Å²) in [5, 5.41) is 0. The van der Waals surface area contributed by atoms with Gasteiger partial charge in [-0.3, -0.25) is 4.99 Å². The molecule has 0 aromatic heterocycles. The van der Waals surface area contributed by atoms with Gasteiger partial charge in [-0.15, -0.1) is 0 Å².